The summed E-state index contributed by atoms with van der Waals surface area (Å²) in [5.74, 6) is -0.654. The number of piperidine rings is 1. The highest BCUT2D eigenvalue weighted by atomic mass is 79.9. The van der Waals surface area contributed by atoms with Crippen molar-refractivity contribution in [3.05, 3.63) is 63.1 Å². The van der Waals surface area contributed by atoms with Crippen molar-refractivity contribution in [2.75, 3.05) is 13.1 Å². The third kappa shape index (κ3) is 4.90. The van der Waals surface area contributed by atoms with Crippen LogP contribution >= 0.6 is 27.5 Å². The van der Waals surface area contributed by atoms with E-state index in [0.717, 1.165) is 29.3 Å². The van der Waals surface area contributed by atoms with Crippen LogP contribution in [-0.4, -0.2) is 31.8 Å². The molecule has 3 rings (SSSR count). The van der Waals surface area contributed by atoms with Gasteiger partial charge >= 0.3 is 5.97 Å². The monoisotopic (exact) mass is 471 g/mol. The zero-order valence-corrected chi connectivity index (χ0v) is 17.7. The van der Waals surface area contributed by atoms with Crippen LogP contribution in [0, 0.1) is 0 Å². The minimum Gasteiger partial charge on any atom is -0.457 e. The molecule has 0 amide bonds. The van der Waals surface area contributed by atoms with E-state index in [1.807, 2.05) is 24.3 Å². The molecule has 0 radical (unpaired) electrons. The summed E-state index contributed by atoms with van der Waals surface area (Å²) in [5.41, 5.74) is 0.867. The molecule has 0 N–H and O–H groups in total. The van der Waals surface area contributed by atoms with Gasteiger partial charge in [0.05, 0.1) is 15.5 Å². The van der Waals surface area contributed by atoms with Gasteiger partial charge in [-0.1, -0.05) is 46.1 Å². The Morgan fingerprint density at radius 2 is 1.74 bits per heavy atom. The van der Waals surface area contributed by atoms with Crippen LogP contribution in [0.1, 0.15) is 35.2 Å². The molecule has 0 atom stereocenters. The molecule has 27 heavy (non-hydrogen) atoms. The number of hydrogen-bond acceptors (Lipinski definition) is 4. The first kappa shape index (κ1) is 20.3. The Bertz CT molecular complexity index is 925. The number of benzene rings is 2. The number of nitrogens with zero attached hydrogens (tertiary/aromatic N) is 1. The Morgan fingerprint density at radius 1 is 1.07 bits per heavy atom. The highest BCUT2D eigenvalue weighted by Gasteiger charge is 2.27. The Morgan fingerprint density at radius 3 is 2.41 bits per heavy atom. The smallest absolute Gasteiger partial charge is 0.340 e. The van der Waals surface area contributed by atoms with Crippen molar-refractivity contribution in [1.82, 2.24) is 4.31 Å². The molecule has 2 aromatic rings. The van der Waals surface area contributed by atoms with Gasteiger partial charge < -0.3 is 4.74 Å². The summed E-state index contributed by atoms with van der Waals surface area (Å²) in [6, 6.07) is 11.5. The van der Waals surface area contributed by atoms with E-state index < -0.39 is 16.0 Å². The fourth-order valence-corrected chi connectivity index (χ4v) is 4.89. The summed E-state index contributed by atoms with van der Waals surface area (Å²) < 4.78 is 33.3. The maximum Gasteiger partial charge on any atom is 0.340 e. The second-order valence-electron chi connectivity index (χ2n) is 6.31. The lowest BCUT2D eigenvalue weighted by atomic mass is 10.2. The van der Waals surface area contributed by atoms with E-state index in [0.29, 0.717) is 13.1 Å². The van der Waals surface area contributed by atoms with Crippen LogP contribution < -0.4 is 0 Å². The standard InChI is InChI=1S/C19H19BrClNO4S/c20-15-6-4-14(5-7-15)13-26-19(23)17-12-16(8-9-18(17)21)27(24,25)22-10-2-1-3-11-22/h4-9,12H,1-3,10-11,13H2. The molecule has 0 spiro atoms. The SMILES string of the molecule is O=C(OCc1ccc(Br)cc1)c1cc(S(=O)(=O)N2CCCCC2)ccc1Cl. The molecule has 1 aliphatic heterocycles. The maximum absolute atomic E-state index is 12.8. The van der Waals surface area contributed by atoms with Crippen molar-refractivity contribution >= 4 is 43.5 Å². The first-order chi connectivity index (χ1) is 12.9. The van der Waals surface area contributed by atoms with Gasteiger partial charge in [-0.05, 0) is 48.7 Å². The van der Waals surface area contributed by atoms with Gasteiger partial charge in [0, 0.05) is 17.6 Å². The van der Waals surface area contributed by atoms with Crippen molar-refractivity contribution < 1.29 is 17.9 Å². The molecule has 0 saturated carbocycles. The van der Waals surface area contributed by atoms with Gasteiger partial charge in [-0.15, -0.1) is 0 Å². The number of sulfonamides is 1. The maximum atomic E-state index is 12.8. The van der Waals surface area contributed by atoms with Crippen molar-refractivity contribution in [2.45, 2.75) is 30.8 Å². The number of halogens is 2. The quantitative estimate of drug-likeness (QED) is 0.595. The number of hydrogen-bond donors (Lipinski definition) is 0. The number of ether oxygens (including phenoxy) is 1. The molecule has 0 unspecified atom stereocenters. The Kier molecular flexibility index (Phi) is 6.57. The zero-order valence-electron chi connectivity index (χ0n) is 14.5. The lowest BCUT2D eigenvalue weighted by Gasteiger charge is -2.26. The number of carbonyl (C=O) groups excluding carboxylic acids is 1. The predicted molar refractivity (Wildman–Crippen MR) is 107 cm³/mol. The topological polar surface area (TPSA) is 63.7 Å². The van der Waals surface area contributed by atoms with E-state index in [2.05, 4.69) is 15.9 Å². The summed E-state index contributed by atoms with van der Waals surface area (Å²) in [5, 5.41) is 0.161. The zero-order chi connectivity index (χ0) is 19.4. The fraction of sp³-hybridized carbons (Fsp3) is 0.316. The number of esters is 1. The van der Waals surface area contributed by atoms with E-state index in [1.165, 1.54) is 22.5 Å². The van der Waals surface area contributed by atoms with Crippen LogP contribution in [0.15, 0.2) is 51.8 Å². The first-order valence-corrected chi connectivity index (χ1v) is 11.2. The molecule has 5 nitrogen and oxygen atoms in total. The molecular weight excluding hydrogens is 454 g/mol. The van der Waals surface area contributed by atoms with Crippen LogP contribution in [0.4, 0.5) is 0 Å². The van der Waals surface area contributed by atoms with Gasteiger partial charge in [0.25, 0.3) is 0 Å². The van der Waals surface area contributed by atoms with Crippen molar-refractivity contribution in [3.8, 4) is 0 Å². The Balaban J connectivity index is 1.78. The third-order valence-electron chi connectivity index (χ3n) is 4.39. The Hall–Kier alpha value is -1.41. The minimum absolute atomic E-state index is 0.0480. The average molecular weight is 473 g/mol. The van der Waals surface area contributed by atoms with Crippen LogP contribution in [0.3, 0.4) is 0 Å². The number of carbonyl (C=O) groups is 1. The van der Waals surface area contributed by atoms with Gasteiger partial charge in [0.1, 0.15) is 6.61 Å². The van der Waals surface area contributed by atoms with Gasteiger partial charge in [-0.2, -0.15) is 4.31 Å². The molecule has 144 valence electrons. The third-order valence-corrected chi connectivity index (χ3v) is 7.15. The summed E-state index contributed by atoms with van der Waals surface area (Å²) in [6.07, 6.45) is 2.71. The van der Waals surface area contributed by atoms with E-state index in [1.54, 1.807) is 0 Å². The van der Waals surface area contributed by atoms with Crippen molar-refractivity contribution in [2.24, 2.45) is 0 Å². The molecule has 1 heterocycles. The predicted octanol–water partition coefficient (Wildman–Crippen LogP) is 4.63. The molecule has 1 fully saturated rings. The minimum atomic E-state index is -3.64. The van der Waals surface area contributed by atoms with E-state index in [4.69, 9.17) is 16.3 Å². The normalized spacial score (nSPS) is 15.5. The van der Waals surface area contributed by atoms with E-state index >= 15 is 0 Å². The summed E-state index contributed by atoms with van der Waals surface area (Å²) in [6.45, 7) is 1.06. The lowest BCUT2D eigenvalue weighted by Crippen LogP contribution is -2.35. The molecule has 0 bridgehead atoms. The highest BCUT2D eigenvalue weighted by molar-refractivity contribution is 9.10. The highest BCUT2D eigenvalue weighted by Crippen LogP contribution is 2.26. The van der Waals surface area contributed by atoms with Crippen molar-refractivity contribution in [3.63, 3.8) is 0 Å². The van der Waals surface area contributed by atoms with Crippen LogP contribution in [0.2, 0.25) is 5.02 Å². The van der Waals surface area contributed by atoms with Gasteiger partial charge in [0.2, 0.25) is 10.0 Å². The van der Waals surface area contributed by atoms with Crippen LogP contribution in [-0.2, 0) is 21.4 Å². The second kappa shape index (κ2) is 8.73. The largest absolute Gasteiger partial charge is 0.457 e. The van der Waals surface area contributed by atoms with Crippen LogP contribution in [0.25, 0.3) is 0 Å². The van der Waals surface area contributed by atoms with Crippen LogP contribution in [0.5, 0.6) is 0 Å². The van der Waals surface area contributed by atoms with E-state index in [9.17, 15) is 13.2 Å². The number of rotatable bonds is 5. The van der Waals surface area contributed by atoms with E-state index in [-0.39, 0.29) is 22.1 Å². The van der Waals surface area contributed by atoms with Gasteiger partial charge in [0.15, 0.2) is 0 Å². The summed E-state index contributed by atoms with van der Waals surface area (Å²) >= 11 is 9.46. The molecule has 1 saturated heterocycles. The fourth-order valence-electron chi connectivity index (χ4n) is 2.88. The summed E-state index contributed by atoms with van der Waals surface area (Å²) in [7, 11) is -3.64. The molecule has 8 heteroatoms. The van der Waals surface area contributed by atoms with Gasteiger partial charge in [-0.25, -0.2) is 13.2 Å². The molecule has 0 aromatic heterocycles. The Labute approximate surface area is 172 Å². The molecule has 2 aromatic carbocycles. The molecular formula is C19H19BrClNO4S. The molecule has 0 aliphatic carbocycles. The molecule has 1 aliphatic rings. The lowest BCUT2D eigenvalue weighted by molar-refractivity contribution is 0.0472. The van der Waals surface area contributed by atoms with Crippen molar-refractivity contribution in [1.29, 1.82) is 0 Å². The second-order valence-corrected chi connectivity index (χ2v) is 9.57. The summed E-state index contributed by atoms with van der Waals surface area (Å²) in [4.78, 5) is 12.5. The first-order valence-electron chi connectivity index (χ1n) is 8.59. The average Bonchev–Trinajstić information content (AvgIpc) is 2.68. The van der Waals surface area contributed by atoms with Gasteiger partial charge in [-0.3, -0.25) is 0 Å².